The maximum atomic E-state index is 13.5. The summed E-state index contributed by atoms with van der Waals surface area (Å²) in [4.78, 5) is 49.7. The van der Waals surface area contributed by atoms with E-state index in [1.165, 1.54) is 12.0 Å². The molecule has 216 valence electrons. The summed E-state index contributed by atoms with van der Waals surface area (Å²) < 4.78 is 10.6. The Labute approximate surface area is 248 Å². The number of hydrogen-bond acceptors (Lipinski definition) is 8. The number of ether oxygens (including phenoxy) is 2. The number of nitrogens with zero attached hydrogens (tertiary/aromatic N) is 3. The van der Waals surface area contributed by atoms with Crippen molar-refractivity contribution < 1.29 is 23.9 Å². The van der Waals surface area contributed by atoms with Gasteiger partial charge in [0.25, 0.3) is 5.91 Å². The van der Waals surface area contributed by atoms with Gasteiger partial charge in [-0.1, -0.05) is 54.2 Å². The molecule has 0 fully saturated rings. The van der Waals surface area contributed by atoms with Gasteiger partial charge in [0.15, 0.2) is 5.17 Å². The SMILES string of the molecule is COc1ccc(NC(=O)CSC2=Nc3ccccc3C3=N[C@@H](CCC(=O)NCCc4ccccc4)C(=O)N23)c(OC)c1. The first kappa shape index (κ1) is 28.9. The molecule has 2 aliphatic rings. The Balaban J connectivity index is 1.22. The third-order valence-electron chi connectivity index (χ3n) is 6.79. The summed E-state index contributed by atoms with van der Waals surface area (Å²) in [7, 11) is 3.06. The van der Waals surface area contributed by atoms with Crippen LogP contribution in [0.2, 0.25) is 0 Å². The number of benzene rings is 3. The zero-order valence-corrected chi connectivity index (χ0v) is 24.1. The Morgan fingerprint density at radius 3 is 2.55 bits per heavy atom. The zero-order chi connectivity index (χ0) is 29.5. The highest BCUT2D eigenvalue weighted by molar-refractivity contribution is 8.14. The molecule has 2 heterocycles. The standard InChI is InChI=1S/C31H31N5O5S/c1-40-21-12-13-24(26(18-21)41-2)33-28(38)19-42-31-35-23-11-7-6-10-22(23)29-34-25(30(39)36(29)31)14-15-27(37)32-17-16-20-8-4-3-5-9-20/h3-13,18,25H,14-17,19H2,1-2H3,(H,32,37)(H,33,38)/t25-/m0/s1. The van der Waals surface area contributed by atoms with Gasteiger partial charge in [-0.3, -0.25) is 19.4 Å². The van der Waals surface area contributed by atoms with Crippen LogP contribution in [-0.2, 0) is 20.8 Å². The molecule has 1 atom stereocenters. The number of nitrogens with one attached hydrogen (secondary N) is 2. The van der Waals surface area contributed by atoms with E-state index in [1.54, 1.807) is 25.3 Å². The fourth-order valence-electron chi connectivity index (χ4n) is 4.65. The molecule has 2 N–H and O–H groups in total. The van der Waals surface area contributed by atoms with Crippen molar-refractivity contribution in [3.8, 4) is 11.5 Å². The van der Waals surface area contributed by atoms with Gasteiger partial charge in [0.05, 0.1) is 31.3 Å². The average Bonchev–Trinajstić information content (AvgIpc) is 3.35. The number of para-hydroxylation sites is 1. The first-order valence-corrected chi connectivity index (χ1v) is 14.5. The minimum absolute atomic E-state index is 0.00172. The predicted octanol–water partition coefficient (Wildman–Crippen LogP) is 4.17. The van der Waals surface area contributed by atoms with E-state index in [4.69, 9.17) is 14.5 Å². The van der Waals surface area contributed by atoms with Gasteiger partial charge in [0.2, 0.25) is 11.8 Å². The smallest absolute Gasteiger partial charge is 0.259 e. The number of aliphatic imine (C=N–C) groups is 2. The normalized spacial score (nSPS) is 15.2. The summed E-state index contributed by atoms with van der Waals surface area (Å²) in [5, 5.41) is 6.13. The van der Waals surface area contributed by atoms with Crippen LogP contribution in [0.15, 0.2) is 82.8 Å². The van der Waals surface area contributed by atoms with E-state index in [9.17, 15) is 14.4 Å². The highest BCUT2D eigenvalue weighted by Gasteiger charge is 2.41. The lowest BCUT2D eigenvalue weighted by Crippen LogP contribution is -2.41. The summed E-state index contributed by atoms with van der Waals surface area (Å²) in [6, 6.07) is 21.7. The van der Waals surface area contributed by atoms with Gasteiger partial charge < -0.3 is 20.1 Å². The second-order valence-electron chi connectivity index (χ2n) is 9.58. The highest BCUT2D eigenvalue weighted by atomic mass is 32.2. The van der Waals surface area contributed by atoms with Crippen molar-refractivity contribution in [3.63, 3.8) is 0 Å². The van der Waals surface area contributed by atoms with E-state index in [0.717, 1.165) is 29.3 Å². The number of hydrogen-bond donors (Lipinski definition) is 2. The summed E-state index contributed by atoms with van der Waals surface area (Å²) in [5.74, 6) is 0.875. The Kier molecular flexibility index (Phi) is 9.18. The van der Waals surface area contributed by atoms with Crippen molar-refractivity contribution in [3.05, 3.63) is 83.9 Å². The largest absolute Gasteiger partial charge is 0.497 e. The van der Waals surface area contributed by atoms with Gasteiger partial charge in [0.1, 0.15) is 23.4 Å². The Morgan fingerprint density at radius 1 is 0.976 bits per heavy atom. The lowest BCUT2D eigenvalue weighted by molar-refractivity contribution is -0.125. The van der Waals surface area contributed by atoms with Gasteiger partial charge in [-0.05, 0) is 42.7 Å². The number of carbonyl (C=O) groups excluding carboxylic acids is 3. The summed E-state index contributed by atoms with van der Waals surface area (Å²) >= 11 is 1.14. The van der Waals surface area contributed by atoms with Gasteiger partial charge in [-0.2, -0.15) is 0 Å². The molecule has 0 saturated heterocycles. The van der Waals surface area contributed by atoms with Crippen molar-refractivity contribution in [1.82, 2.24) is 10.2 Å². The van der Waals surface area contributed by atoms with Gasteiger partial charge >= 0.3 is 0 Å². The molecule has 0 spiro atoms. The van der Waals surface area contributed by atoms with Crippen LogP contribution in [0.3, 0.4) is 0 Å². The maximum absolute atomic E-state index is 13.5. The van der Waals surface area contributed by atoms with Crippen molar-refractivity contribution >= 4 is 51.9 Å². The molecule has 42 heavy (non-hydrogen) atoms. The number of rotatable bonds is 11. The molecule has 0 aromatic heterocycles. The third kappa shape index (κ3) is 6.63. The second-order valence-corrected chi connectivity index (χ2v) is 10.5. The molecule has 3 aromatic rings. The van der Waals surface area contributed by atoms with E-state index in [1.807, 2.05) is 54.6 Å². The van der Waals surface area contributed by atoms with E-state index in [0.29, 0.717) is 40.4 Å². The average molecular weight is 586 g/mol. The molecule has 0 unspecified atom stereocenters. The molecule has 0 aliphatic carbocycles. The molecule has 11 heteroatoms. The van der Waals surface area contributed by atoms with E-state index in [-0.39, 0.29) is 36.3 Å². The van der Waals surface area contributed by atoms with Crippen LogP contribution in [0.25, 0.3) is 0 Å². The first-order chi connectivity index (χ1) is 20.5. The fraction of sp³-hybridized carbons (Fsp3) is 0.258. The lowest BCUT2D eigenvalue weighted by Gasteiger charge is -2.25. The number of amidine groups is 2. The van der Waals surface area contributed by atoms with Crippen LogP contribution < -0.4 is 20.1 Å². The van der Waals surface area contributed by atoms with Crippen LogP contribution in [0, 0.1) is 0 Å². The van der Waals surface area contributed by atoms with Crippen molar-refractivity contribution in [1.29, 1.82) is 0 Å². The van der Waals surface area contributed by atoms with E-state index in [2.05, 4.69) is 15.6 Å². The topological polar surface area (TPSA) is 122 Å². The molecule has 3 aromatic carbocycles. The number of anilines is 1. The zero-order valence-electron chi connectivity index (χ0n) is 23.3. The maximum Gasteiger partial charge on any atom is 0.259 e. The highest BCUT2D eigenvalue weighted by Crippen LogP contribution is 2.34. The first-order valence-electron chi connectivity index (χ1n) is 13.5. The molecule has 0 radical (unpaired) electrons. The van der Waals surface area contributed by atoms with Crippen molar-refractivity contribution in [2.24, 2.45) is 9.98 Å². The van der Waals surface area contributed by atoms with Gasteiger partial charge in [-0.25, -0.2) is 9.89 Å². The summed E-state index contributed by atoms with van der Waals surface area (Å²) in [6.45, 7) is 0.521. The summed E-state index contributed by atoms with van der Waals surface area (Å²) in [6.07, 6.45) is 1.18. The molecule has 5 rings (SSSR count). The molecular formula is C31H31N5O5S. The molecular weight excluding hydrogens is 554 g/mol. The van der Waals surface area contributed by atoms with Crippen LogP contribution in [0.1, 0.15) is 24.0 Å². The predicted molar refractivity (Wildman–Crippen MR) is 164 cm³/mol. The minimum Gasteiger partial charge on any atom is -0.497 e. The Morgan fingerprint density at radius 2 is 1.76 bits per heavy atom. The van der Waals surface area contributed by atoms with Crippen LogP contribution in [0.4, 0.5) is 11.4 Å². The quantitative estimate of drug-likeness (QED) is 0.348. The van der Waals surface area contributed by atoms with Crippen LogP contribution >= 0.6 is 11.8 Å². The lowest BCUT2D eigenvalue weighted by atomic mass is 10.1. The minimum atomic E-state index is -0.714. The molecule has 0 saturated carbocycles. The Bertz CT molecular complexity index is 1540. The number of thioether (sulfide) groups is 1. The van der Waals surface area contributed by atoms with Crippen LogP contribution in [0.5, 0.6) is 11.5 Å². The fourth-order valence-corrected chi connectivity index (χ4v) is 5.45. The molecule has 0 bridgehead atoms. The number of amides is 3. The van der Waals surface area contributed by atoms with E-state index < -0.39 is 6.04 Å². The second kappa shape index (κ2) is 13.3. The van der Waals surface area contributed by atoms with E-state index >= 15 is 0 Å². The monoisotopic (exact) mass is 585 g/mol. The van der Waals surface area contributed by atoms with Gasteiger partial charge in [-0.15, -0.1) is 0 Å². The van der Waals surface area contributed by atoms with Crippen LogP contribution in [-0.4, -0.2) is 66.2 Å². The van der Waals surface area contributed by atoms with Crippen molar-refractivity contribution in [2.75, 3.05) is 31.8 Å². The third-order valence-corrected chi connectivity index (χ3v) is 7.72. The number of methoxy groups -OCH3 is 2. The van der Waals surface area contributed by atoms with Gasteiger partial charge in [0, 0.05) is 24.6 Å². The number of fused-ring (bicyclic) bond motifs is 3. The number of carbonyl (C=O) groups is 3. The van der Waals surface area contributed by atoms with Crippen molar-refractivity contribution in [2.45, 2.75) is 25.3 Å². The summed E-state index contributed by atoms with van der Waals surface area (Å²) in [5.41, 5.74) is 3.05. The molecule has 3 amide bonds. The Hall–Kier alpha value is -4.64. The molecule has 10 nitrogen and oxygen atoms in total. The molecule has 2 aliphatic heterocycles.